The maximum absolute atomic E-state index is 13.0. The number of nitrogens with two attached hydrogens (primary N) is 1. The highest BCUT2D eigenvalue weighted by atomic mass is 16.5. The molecule has 0 fully saturated rings. The van der Waals surface area contributed by atoms with E-state index in [4.69, 9.17) is 10.5 Å². The van der Waals surface area contributed by atoms with Crippen molar-refractivity contribution in [3.63, 3.8) is 0 Å². The van der Waals surface area contributed by atoms with Gasteiger partial charge in [0.2, 0.25) is 11.8 Å². The van der Waals surface area contributed by atoms with Crippen LogP contribution in [0.2, 0.25) is 0 Å². The third kappa shape index (κ3) is 4.56. The van der Waals surface area contributed by atoms with Crippen LogP contribution in [0.3, 0.4) is 0 Å². The first-order chi connectivity index (χ1) is 13.6. The number of carbonyl (C=O) groups excluding carboxylic acids is 1. The summed E-state index contributed by atoms with van der Waals surface area (Å²) < 4.78 is 5.55. The Labute approximate surface area is 163 Å². The molecule has 0 aliphatic rings. The average Bonchev–Trinajstić information content (AvgIpc) is 2.70. The molecule has 0 atom stereocenters. The second kappa shape index (κ2) is 8.85. The van der Waals surface area contributed by atoms with Crippen molar-refractivity contribution in [1.82, 2.24) is 15.4 Å². The molecule has 0 saturated carbocycles. The van der Waals surface area contributed by atoms with Gasteiger partial charge in [0.25, 0.3) is 0 Å². The number of nitrogen functional groups attached to an aromatic ring is 1. The minimum absolute atomic E-state index is 0.0832. The predicted octanol–water partition coefficient (Wildman–Crippen LogP) is 3.12. The molecule has 28 heavy (non-hydrogen) atoms. The zero-order valence-corrected chi connectivity index (χ0v) is 15.8. The third-order valence-corrected chi connectivity index (χ3v) is 4.03. The largest absolute Gasteiger partial charge is 0.473 e. The van der Waals surface area contributed by atoms with Crippen molar-refractivity contribution in [2.75, 3.05) is 11.2 Å². The van der Waals surface area contributed by atoms with E-state index in [0.29, 0.717) is 0 Å². The van der Waals surface area contributed by atoms with E-state index in [2.05, 4.69) is 20.8 Å². The molecule has 0 radical (unpaired) electrons. The number of anilines is 2. The van der Waals surface area contributed by atoms with Crippen LogP contribution < -0.4 is 21.3 Å². The van der Waals surface area contributed by atoms with E-state index in [1.54, 1.807) is 0 Å². The number of aromatic nitrogens is 2. The van der Waals surface area contributed by atoms with Crippen LogP contribution in [0.15, 0.2) is 67.0 Å². The van der Waals surface area contributed by atoms with E-state index in [9.17, 15) is 4.79 Å². The van der Waals surface area contributed by atoms with Gasteiger partial charge in [-0.15, -0.1) is 0 Å². The Hall–Kier alpha value is -3.61. The quantitative estimate of drug-likeness (QED) is 0.547. The van der Waals surface area contributed by atoms with Crippen LogP contribution in [0.5, 0.6) is 5.88 Å². The predicted molar refractivity (Wildman–Crippen MR) is 109 cm³/mol. The van der Waals surface area contributed by atoms with E-state index in [1.165, 1.54) is 6.33 Å². The Morgan fingerprint density at radius 2 is 1.54 bits per heavy atom. The highest BCUT2D eigenvalue weighted by molar-refractivity contribution is 5.88. The van der Waals surface area contributed by atoms with Crippen molar-refractivity contribution in [1.29, 1.82) is 0 Å². The average molecular weight is 377 g/mol. The molecule has 0 unspecified atom stereocenters. The Balaban J connectivity index is 1.80. The summed E-state index contributed by atoms with van der Waals surface area (Å²) in [5.74, 6) is -0.172. The summed E-state index contributed by atoms with van der Waals surface area (Å²) in [6.07, 6.45) is 1.24. The van der Waals surface area contributed by atoms with E-state index >= 15 is 0 Å². The van der Waals surface area contributed by atoms with Crippen LogP contribution in [-0.2, 0) is 4.79 Å². The molecular weight excluding hydrogens is 354 g/mol. The molecule has 0 bridgehead atoms. The first-order valence-corrected chi connectivity index (χ1v) is 8.99. The number of nitrogens with zero attached hydrogens (tertiary/aromatic N) is 2. The molecule has 7 heteroatoms. The maximum Gasteiger partial charge on any atom is 0.250 e. The summed E-state index contributed by atoms with van der Waals surface area (Å²) in [6.45, 7) is 3.75. The molecule has 4 N–H and O–H groups in total. The monoisotopic (exact) mass is 377 g/mol. The number of hydrazine groups is 1. The number of rotatable bonds is 7. The SMILES string of the molecule is CC(C)Oc1ncnc(NNC(=O)C(c2ccccc2)c2ccccc2)c1N. The number of nitrogens with one attached hydrogen (secondary N) is 2. The topological polar surface area (TPSA) is 102 Å². The third-order valence-electron chi connectivity index (χ3n) is 4.03. The lowest BCUT2D eigenvalue weighted by Gasteiger charge is -2.19. The number of benzene rings is 2. The summed E-state index contributed by atoms with van der Waals surface area (Å²) in [5, 5.41) is 0. The molecule has 0 spiro atoms. The lowest BCUT2D eigenvalue weighted by molar-refractivity contribution is -0.121. The van der Waals surface area contributed by atoms with Crippen LogP contribution >= 0.6 is 0 Å². The first-order valence-electron chi connectivity index (χ1n) is 8.99. The van der Waals surface area contributed by atoms with Gasteiger partial charge < -0.3 is 10.5 Å². The molecule has 0 aliphatic heterocycles. The fraction of sp³-hybridized carbons (Fsp3) is 0.190. The Morgan fingerprint density at radius 1 is 0.964 bits per heavy atom. The smallest absolute Gasteiger partial charge is 0.250 e. The Morgan fingerprint density at radius 3 is 2.07 bits per heavy atom. The van der Waals surface area contributed by atoms with Crippen molar-refractivity contribution in [3.05, 3.63) is 78.1 Å². The van der Waals surface area contributed by atoms with Gasteiger partial charge >= 0.3 is 0 Å². The van der Waals surface area contributed by atoms with Gasteiger partial charge in [-0.05, 0) is 25.0 Å². The standard InChI is InChI=1S/C21H23N5O2/c1-14(2)28-21-18(22)19(23-13-24-21)25-26-20(27)17(15-9-5-3-6-10-15)16-11-7-4-8-12-16/h3-14,17H,22H2,1-2H3,(H,26,27)(H,23,24,25). The van der Waals surface area contributed by atoms with Crippen molar-refractivity contribution < 1.29 is 9.53 Å². The minimum Gasteiger partial charge on any atom is -0.473 e. The maximum atomic E-state index is 13.0. The second-order valence-corrected chi connectivity index (χ2v) is 6.48. The van der Waals surface area contributed by atoms with Crippen LogP contribution in [0.25, 0.3) is 0 Å². The summed E-state index contributed by atoms with van der Waals surface area (Å²) >= 11 is 0. The molecule has 144 valence electrons. The molecule has 1 amide bonds. The number of amides is 1. The van der Waals surface area contributed by atoms with Crippen LogP contribution in [-0.4, -0.2) is 22.0 Å². The highest BCUT2D eigenvalue weighted by Gasteiger charge is 2.23. The number of hydrogen-bond donors (Lipinski definition) is 3. The second-order valence-electron chi connectivity index (χ2n) is 6.48. The van der Waals surface area contributed by atoms with Gasteiger partial charge in [-0.3, -0.25) is 15.6 Å². The van der Waals surface area contributed by atoms with E-state index < -0.39 is 5.92 Å². The summed E-state index contributed by atoms with van der Waals surface area (Å²) in [4.78, 5) is 21.1. The molecule has 0 aliphatic carbocycles. The van der Waals surface area contributed by atoms with E-state index in [0.717, 1.165) is 11.1 Å². The van der Waals surface area contributed by atoms with Gasteiger partial charge in [0.1, 0.15) is 12.0 Å². The molecular formula is C21H23N5O2. The van der Waals surface area contributed by atoms with E-state index in [1.807, 2.05) is 74.5 Å². The zero-order chi connectivity index (χ0) is 19.9. The lowest BCUT2D eigenvalue weighted by Crippen LogP contribution is -2.35. The lowest BCUT2D eigenvalue weighted by atomic mass is 9.91. The molecule has 0 saturated heterocycles. The first kappa shape index (κ1) is 19.2. The van der Waals surface area contributed by atoms with Crippen LogP contribution in [0.1, 0.15) is 30.9 Å². The number of ether oxygens (including phenoxy) is 1. The Bertz CT molecular complexity index is 877. The molecule has 3 rings (SSSR count). The fourth-order valence-corrected chi connectivity index (χ4v) is 2.78. The number of carbonyl (C=O) groups is 1. The molecule has 7 nitrogen and oxygen atoms in total. The summed E-state index contributed by atoms with van der Waals surface area (Å²) in [5.41, 5.74) is 13.5. The molecule has 1 aromatic heterocycles. The fourth-order valence-electron chi connectivity index (χ4n) is 2.78. The molecule has 1 heterocycles. The Kier molecular flexibility index (Phi) is 6.06. The number of hydrogen-bond acceptors (Lipinski definition) is 6. The zero-order valence-electron chi connectivity index (χ0n) is 15.8. The molecule has 3 aromatic rings. The van der Waals surface area contributed by atoms with Gasteiger partial charge in [-0.25, -0.2) is 4.98 Å². The van der Waals surface area contributed by atoms with Gasteiger partial charge in [0.05, 0.1) is 12.0 Å². The van der Waals surface area contributed by atoms with Gasteiger partial charge in [0.15, 0.2) is 5.82 Å². The van der Waals surface area contributed by atoms with E-state index in [-0.39, 0.29) is 29.4 Å². The van der Waals surface area contributed by atoms with Crippen molar-refractivity contribution in [2.24, 2.45) is 0 Å². The summed E-state index contributed by atoms with van der Waals surface area (Å²) in [6, 6.07) is 19.1. The summed E-state index contributed by atoms with van der Waals surface area (Å²) in [7, 11) is 0. The van der Waals surface area contributed by atoms with Gasteiger partial charge in [0, 0.05) is 0 Å². The van der Waals surface area contributed by atoms with Crippen molar-refractivity contribution in [2.45, 2.75) is 25.9 Å². The van der Waals surface area contributed by atoms with Gasteiger partial charge in [-0.2, -0.15) is 4.98 Å². The minimum atomic E-state index is -0.482. The van der Waals surface area contributed by atoms with Crippen LogP contribution in [0, 0.1) is 0 Å². The molecule has 2 aromatic carbocycles. The van der Waals surface area contributed by atoms with Crippen molar-refractivity contribution >= 4 is 17.4 Å². The normalized spacial score (nSPS) is 10.7. The van der Waals surface area contributed by atoms with Gasteiger partial charge in [-0.1, -0.05) is 60.7 Å². The highest BCUT2D eigenvalue weighted by Crippen LogP contribution is 2.27. The van der Waals surface area contributed by atoms with Crippen molar-refractivity contribution in [3.8, 4) is 5.88 Å². The van der Waals surface area contributed by atoms with Crippen LogP contribution in [0.4, 0.5) is 11.5 Å².